The van der Waals surface area contributed by atoms with Crippen molar-refractivity contribution in [2.75, 3.05) is 23.8 Å². The lowest BCUT2D eigenvalue weighted by Gasteiger charge is -2.14. The zero-order valence-corrected chi connectivity index (χ0v) is 19.4. The van der Waals surface area contributed by atoms with Crippen molar-refractivity contribution in [3.8, 4) is 11.5 Å². The van der Waals surface area contributed by atoms with Crippen LogP contribution in [0.1, 0.15) is 11.1 Å². The molecule has 3 aromatic carbocycles. The molecule has 0 fully saturated rings. The first-order valence-corrected chi connectivity index (χ1v) is 11.5. The van der Waals surface area contributed by atoms with Gasteiger partial charge in [0.15, 0.2) is 18.1 Å². The topological polar surface area (TPSA) is 93.7 Å². The van der Waals surface area contributed by atoms with Crippen molar-refractivity contribution in [3.63, 3.8) is 0 Å². The highest BCUT2D eigenvalue weighted by molar-refractivity contribution is 7.92. The lowest BCUT2D eigenvalue weighted by molar-refractivity contribution is -0.118. The molecule has 0 spiro atoms. The molecule has 3 rings (SSSR count). The van der Waals surface area contributed by atoms with E-state index in [2.05, 4.69) is 10.0 Å². The van der Waals surface area contributed by atoms with Crippen molar-refractivity contribution in [1.82, 2.24) is 0 Å². The largest absolute Gasteiger partial charge is 0.493 e. The molecule has 0 aromatic heterocycles. The highest BCUT2D eigenvalue weighted by Crippen LogP contribution is 2.28. The van der Waals surface area contributed by atoms with Crippen LogP contribution < -0.4 is 19.5 Å². The van der Waals surface area contributed by atoms with Gasteiger partial charge in [-0.2, -0.15) is 0 Å². The number of hydrogen-bond acceptors (Lipinski definition) is 5. The number of anilines is 2. The summed E-state index contributed by atoms with van der Waals surface area (Å²) >= 11 is 6.07. The summed E-state index contributed by atoms with van der Waals surface area (Å²) in [4.78, 5) is 12.4. The van der Waals surface area contributed by atoms with Gasteiger partial charge in [0.1, 0.15) is 0 Å². The van der Waals surface area contributed by atoms with Crippen LogP contribution >= 0.6 is 11.6 Å². The lowest BCUT2D eigenvalue weighted by atomic mass is 10.2. The molecule has 0 aliphatic rings. The molecule has 0 saturated carbocycles. The van der Waals surface area contributed by atoms with Crippen LogP contribution in [-0.4, -0.2) is 28.0 Å². The number of halogens is 1. The predicted molar refractivity (Wildman–Crippen MR) is 125 cm³/mol. The van der Waals surface area contributed by atoms with Gasteiger partial charge in [-0.15, -0.1) is 0 Å². The van der Waals surface area contributed by atoms with Gasteiger partial charge in [-0.25, -0.2) is 8.42 Å². The van der Waals surface area contributed by atoms with E-state index in [0.717, 1.165) is 5.56 Å². The third-order valence-corrected chi connectivity index (χ3v) is 6.39. The molecule has 1 amide bonds. The van der Waals surface area contributed by atoms with Crippen LogP contribution in [0.3, 0.4) is 0 Å². The van der Waals surface area contributed by atoms with Gasteiger partial charge in [0.25, 0.3) is 15.9 Å². The second-order valence-corrected chi connectivity index (χ2v) is 9.11. The van der Waals surface area contributed by atoms with Crippen molar-refractivity contribution in [3.05, 3.63) is 76.8 Å². The maximum Gasteiger partial charge on any atom is 0.262 e. The zero-order valence-electron chi connectivity index (χ0n) is 17.8. The minimum atomic E-state index is -3.93. The Hall–Kier alpha value is -3.23. The fourth-order valence-electron chi connectivity index (χ4n) is 2.95. The number of aryl methyl sites for hydroxylation is 2. The van der Waals surface area contributed by atoms with Gasteiger partial charge < -0.3 is 14.8 Å². The summed E-state index contributed by atoms with van der Waals surface area (Å²) in [6.07, 6.45) is 0. The van der Waals surface area contributed by atoms with Crippen LogP contribution in [0.25, 0.3) is 0 Å². The number of amides is 1. The Kier molecular flexibility index (Phi) is 7.27. The monoisotopic (exact) mass is 474 g/mol. The Morgan fingerprint density at radius 2 is 1.75 bits per heavy atom. The molecule has 0 unspecified atom stereocenters. The number of sulfonamides is 1. The molecular formula is C23H23ClN2O5S. The van der Waals surface area contributed by atoms with E-state index in [-0.39, 0.29) is 22.2 Å². The van der Waals surface area contributed by atoms with Gasteiger partial charge in [0.05, 0.1) is 22.7 Å². The first kappa shape index (κ1) is 23.4. The first-order chi connectivity index (χ1) is 15.2. The summed E-state index contributed by atoms with van der Waals surface area (Å²) in [6, 6.07) is 16.5. The molecule has 0 atom stereocenters. The molecule has 0 heterocycles. The van der Waals surface area contributed by atoms with Gasteiger partial charge in [-0.3, -0.25) is 9.52 Å². The van der Waals surface area contributed by atoms with Crippen LogP contribution in [-0.2, 0) is 14.8 Å². The smallest absolute Gasteiger partial charge is 0.262 e. The maximum absolute atomic E-state index is 12.9. The number of methoxy groups -OCH3 is 1. The van der Waals surface area contributed by atoms with E-state index in [9.17, 15) is 13.2 Å². The molecule has 0 radical (unpaired) electrons. The van der Waals surface area contributed by atoms with Crippen LogP contribution in [0.15, 0.2) is 65.6 Å². The van der Waals surface area contributed by atoms with Crippen molar-refractivity contribution in [1.29, 1.82) is 0 Å². The first-order valence-electron chi connectivity index (χ1n) is 9.65. The fourth-order valence-corrected chi connectivity index (χ4v) is 4.54. The molecule has 2 N–H and O–H groups in total. The Morgan fingerprint density at radius 3 is 2.47 bits per heavy atom. The van der Waals surface area contributed by atoms with Crippen molar-refractivity contribution >= 4 is 38.9 Å². The molecule has 3 aromatic rings. The minimum absolute atomic E-state index is 0.0244. The van der Waals surface area contributed by atoms with Gasteiger partial charge in [-0.05, 0) is 61.4 Å². The number of ether oxygens (including phenoxy) is 2. The number of rotatable bonds is 8. The van der Waals surface area contributed by atoms with Crippen LogP contribution in [0.4, 0.5) is 11.4 Å². The SMILES string of the molecule is COc1cc(C)ccc1OCC(=O)Nc1ccc(C)c(S(=O)(=O)Nc2ccccc2Cl)c1. The molecule has 7 nitrogen and oxygen atoms in total. The molecule has 0 bridgehead atoms. The van der Waals surface area contributed by atoms with Gasteiger partial charge in [-0.1, -0.05) is 35.9 Å². The number of para-hydroxylation sites is 1. The molecule has 0 aliphatic heterocycles. The van der Waals surface area contributed by atoms with E-state index >= 15 is 0 Å². The number of hydrogen-bond donors (Lipinski definition) is 2. The van der Waals surface area contributed by atoms with Gasteiger partial charge in [0.2, 0.25) is 0 Å². The van der Waals surface area contributed by atoms with E-state index in [1.807, 2.05) is 13.0 Å². The summed E-state index contributed by atoms with van der Waals surface area (Å²) in [6.45, 7) is 3.31. The average Bonchev–Trinajstić information content (AvgIpc) is 2.75. The van der Waals surface area contributed by atoms with Crippen molar-refractivity contribution in [2.45, 2.75) is 18.7 Å². The Bertz CT molecular complexity index is 1240. The summed E-state index contributed by atoms with van der Waals surface area (Å²) < 4.78 is 39.1. The fraction of sp³-hybridized carbons (Fsp3) is 0.174. The summed E-state index contributed by atoms with van der Waals surface area (Å²) in [7, 11) is -2.41. The molecule has 32 heavy (non-hydrogen) atoms. The normalized spacial score (nSPS) is 11.0. The molecular weight excluding hydrogens is 452 g/mol. The number of benzene rings is 3. The van der Waals surface area contributed by atoms with Crippen molar-refractivity contribution in [2.24, 2.45) is 0 Å². The predicted octanol–water partition coefficient (Wildman–Crippen LogP) is 4.78. The van der Waals surface area contributed by atoms with Gasteiger partial charge >= 0.3 is 0 Å². The third kappa shape index (κ3) is 5.72. The van der Waals surface area contributed by atoms with Gasteiger partial charge in [0, 0.05) is 5.69 Å². The summed E-state index contributed by atoms with van der Waals surface area (Å²) in [5.41, 5.74) is 2.10. The second-order valence-electron chi connectivity index (χ2n) is 7.06. The van der Waals surface area contributed by atoms with E-state index in [1.165, 1.54) is 13.2 Å². The highest BCUT2D eigenvalue weighted by Gasteiger charge is 2.19. The molecule has 168 valence electrons. The maximum atomic E-state index is 12.9. The van der Waals surface area contributed by atoms with E-state index in [4.69, 9.17) is 21.1 Å². The third-order valence-electron chi connectivity index (χ3n) is 4.56. The Labute approximate surface area is 192 Å². The van der Waals surface area contributed by atoms with Crippen molar-refractivity contribution < 1.29 is 22.7 Å². The van der Waals surface area contributed by atoms with Crippen LogP contribution in [0, 0.1) is 13.8 Å². The molecule has 0 aliphatic carbocycles. The zero-order chi connectivity index (χ0) is 23.3. The summed E-state index contributed by atoms with van der Waals surface area (Å²) in [5, 5.41) is 2.93. The quantitative estimate of drug-likeness (QED) is 0.490. The Balaban J connectivity index is 1.73. The number of carbonyl (C=O) groups excluding carboxylic acids is 1. The highest BCUT2D eigenvalue weighted by atomic mass is 35.5. The van der Waals surface area contributed by atoms with E-state index in [0.29, 0.717) is 22.7 Å². The summed E-state index contributed by atoms with van der Waals surface area (Å²) in [5.74, 6) is 0.510. The second kappa shape index (κ2) is 9.93. The Morgan fingerprint density at radius 1 is 1.00 bits per heavy atom. The standard InChI is InChI=1S/C23H23ClN2O5S/c1-15-8-11-20(21(12-15)30-3)31-14-23(27)25-17-10-9-16(2)22(13-17)32(28,29)26-19-7-5-4-6-18(19)24/h4-13,26H,14H2,1-3H3,(H,25,27). The number of nitrogens with one attached hydrogen (secondary N) is 2. The van der Waals surface area contributed by atoms with Crippen LogP contribution in [0.2, 0.25) is 5.02 Å². The average molecular weight is 475 g/mol. The lowest BCUT2D eigenvalue weighted by Crippen LogP contribution is -2.21. The number of carbonyl (C=O) groups is 1. The minimum Gasteiger partial charge on any atom is -0.493 e. The molecule has 9 heteroatoms. The van der Waals surface area contributed by atoms with E-state index < -0.39 is 15.9 Å². The van der Waals surface area contributed by atoms with E-state index in [1.54, 1.807) is 55.5 Å². The molecule has 0 saturated heterocycles. The van der Waals surface area contributed by atoms with Crippen LogP contribution in [0.5, 0.6) is 11.5 Å².